The van der Waals surface area contributed by atoms with Gasteiger partial charge in [0.05, 0.1) is 11.1 Å². The van der Waals surface area contributed by atoms with Crippen molar-refractivity contribution in [2.45, 2.75) is 11.8 Å². The van der Waals surface area contributed by atoms with Crippen LogP contribution < -0.4 is 14.2 Å². The first kappa shape index (κ1) is 21.0. The van der Waals surface area contributed by atoms with Gasteiger partial charge in [-0.05, 0) is 36.8 Å². The Bertz CT molecular complexity index is 1310. The molecule has 2 heterocycles. The highest BCUT2D eigenvalue weighted by molar-refractivity contribution is 7.92. The topological polar surface area (TPSA) is 94.8 Å². The van der Waals surface area contributed by atoms with Gasteiger partial charge in [0.2, 0.25) is 0 Å². The monoisotopic (exact) mass is 458 g/mol. The number of rotatable bonds is 8. The fraction of sp³-hybridized carbons (Fsp3) is 0.143. The largest absolute Gasteiger partial charge is 0.490 e. The summed E-state index contributed by atoms with van der Waals surface area (Å²) in [5.74, 6) is 0.993. The molecule has 8 nitrogen and oxygen atoms in total. The molecule has 2 aromatic heterocycles. The smallest absolute Gasteiger partial charge is 0.263 e. The second kappa shape index (κ2) is 8.83. The summed E-state index contributed by atoms with van der Waals surface area (Å²) in [4.78, 5) is 8.44. The molecule has 0 bridgehead atoms. The standard InChI is InChI=1S/C21H19ClN4O4S/c1-15-17(22)8-5-9-18(15)31(27,28)25-20-21(24-19-14-23-10-11-26(19)20)30-13-12-29-16-6-3-2-4-7-16/h2-11,14,25H,12-13H2,1H3. The van der Waals surface area contributed by atoms with Gasteiger partial charge in [0, 0.05) is 17.4 Å². The van der Waals surface area contributed by atoms with Crippen LogP contribution in [0.4, 0.5) is 5.82 Å². The summed E-state index contributed by atoms with van der Waals surface area (Å²) >= 11 is 6.11. The van der Waals surface area contributed by atoms with Gasteiger partial charge >= 0.3 is 0 Å². The Hall–Kier alpha value is -3.30. The van der Waals surface area contributed by atoms with Gasteiger partial charge in [0.1, 0.15) is 19.0 Å². The molecule has 0 aliphatic rings. The molecule has 0 amide bonds. The molecule has 4 rings (SSSR count). The first-order valence-corrected chi connectivity index (χ1v) is 11.2. The van der Waals surface area contributed by atoms with E-state index in [2.05, 4.69) is 14.7 Å². The molecule has 0 unspecified atom stereocenters. The third-order valence-corrected chi connectivity index (χ3v) is 6.36. The fourth-order valence-corrected chi connectivity index (χ4v) is 4.51. The minimum absolute atomic E-state index is 0.0716. The average molecular weight is 459 g/mol. The maximum atomic E-state index is 13.1. The summed E-state index contributed by atoms with van der Waals surface area (Å²) in [6, 6.07) is 14.0. The van der Waals surface area contributed by atoms with Gasteiger partial charge in [0.25, 0.3) is 15.9 Å². The first-order chi connectivity index (χ1) is 15.0. The molecule has 0 saturated carbocycles. The number of ether oxygens (including phenoxy) is 2. The van der Waals surface area contributed by atoms with Crippen LogP contribution in [0, 0.1) is 6.92 Å². The normalized spacial score (nSPS) is 11.4. The lowest BCUT2D eigenvalue weighted by Crippen LogP contribution is -2.17. The van der Waals surface area contributed by atoms with Crippen molar-refractivity contribution in [2.24, 2.45) is 0 Å². The first-order valence-electron chi connectivity index (χ1n) is 9.36. The van der Waals surface area contributed by atoms with Gasteiger partial charge in [-0.15, -0.1) is 0 Å². The van der Waals surface area contributed by atoms with E-state index in [0.29, 0.717) is 22.0 Å². The molecule has 31 heavy (non-hydrogen) atoms. The van der Waals surface area contributed by atoms with Crippen molar-refractivity contribution in [1.82, 2.24) is 14.4 Å². The van der Waals surface area contributed by atoms with E-state index in [4.69, 9.17) is 21.1 Å². The maximum Gasteiger partial charge on any atom is 0.263 e. The lowest BCUT2D eigenvalue weighted by atomic mass is 10.2. The number of benzene rings is 2. The third kappa shape index (κ3) is 4.57. The lowest BCUT2D eigenvalue weighted by molar-refractivity contribution is 0.213. The Kier molecular flexibility index (Phi) is 5.97. The number of hydrogen-bond donors (Lipinski definition) is 1. The average Bonchev–Trinajstić information content (AvgIpc) is 3.10. The van der Waals surface area contributed by atoms with E-state index in [1.54, 1.807) is 29.7 Å². The number of nitrogens with one attached hydrogen (secondary N) is 1. The molecule has 4 aromatic rings. The van der Waals surface area contributed by atoms with Crippen LogP contribution >= 0.6 is 11.6 Å². The van der Waals surface area contributed by atoms with E-state index in [1.165, 1.54) is 18.5 Å². The number of aromatic nitrogens is 3. The molecular weight excluding hydrogens is 440 g/mol. The maximum absolute atomic E-state index is 13.1. The zero-order chi connectivity index (χ0) is 21.8. The van der Waals surface area contributed by atoms with Gasteiger partial charge < -0.3 is 9.47 Å². The van der Waals surface area contributed by atoms with Crippen molar-refractivity contribution in [3.05, 3.63) is 77.7 Å². The number of hydrogen-bond acceptors (Lipinski definition) is 6. The zero-order valence-corrected chi connectivity index (χ0v) is 18.1. The highest BCUT2D eigenvalue weighted by Gasteiger charge is 2.23. The summed E-state index contributed by atoms with van der Waals surface area (Å²) in [6.45, 7) is 2.07. The highest BCUT2D eigenvalue weighted by atomic mass is 35.5. The Morgan fingerprint density at radius 2 is 1.84 bits per heavy atom. The number of halogens is 1. The summed E-state index contributed by atoms with van der Waals surface area (Å²) in [5, 5.41) is 0.361. The lowest BCUT2D eigenvalue weighted by Gasteiger charge is -2.12. The van der Waals surface area contributed by atoms with Crippen LogP contribution in [-0.2, 0) is 10.0 Å². The minimum Gasteiger partial charge on any atom is -0.490 e. The molecule has 0 fully saturated rings. The van der Waals surface area contributed by atoms with Crippen LogP contribution in [0.3, 0.4) is 0 Å². The van der Waals surface area contributed by atoms with E-state index >= 15 is 0 Å². The Balaban J connectivity index is 1.58. The predicted octanol–water partition coefficient (Wildman–Crippen LogP) is 3.95. The molecule has 0 aliphatic heterocycles. The van der Waals surface area contributed by atoms with Crippen LogP contribution in [-0.4, -0.2) is 36.0 Å². The molecule has 2 aromatic carbocycles. The van der Waals surface area contributed by atoms with Gasteiger partial charge in [-0.1, -0.05) is 35.9 Å². The van der Waals surface area contributed by atoms with Crippen LogP contribution in [0.1, 0.15) is 5.56 Å². The van der Waals surface area contributed by atoms with Gasteiger partial charge in [-0.25, -0.2) is 8.42 Å². The Morgan fingerprint density at radius 3 is 2.65 bits per heavy atom. The minimum atomic E-state index is -3.95. The fourth-order valence-electron chi connectivity index (χ4n) is 2.95. The number of nitrogens with zero attached hydrogens (tertiary/aromatic N) is 3. The molecule has 0 saturated heterocycles. The van der Waals surface area contributed by atoms with Gasteiger partial charge in [0.15, 0.2) is 11.5 Å². The van der Waals surface area contributed by atoms with Gasteiger partial charge in [-0.2, -0.15) is 4.98 Å². The van der Waals surface area contributed by atoms with Crippen molar-refractivity contribution >= 4 is 33.1 Å². The number of anilines is 1. The molecule has 0 spiro atoms. The van der Waals surface area contributed by atoms with Crippen LogP contribution in [0.5, 0.6) is 11.6 Å². The number of imidazole rings is 1. The summed E-state index contributed by atoms with van der Waals surface area (Å²) in [6.07, 6.45) is 4.63. The third-order valence-electron chi connectivity index (χ3n) is 4.47. The van der Waals surface area contributed by atoms with Crippen molar-refractivity contribution < 1.29 is 17.9 Å². The molecular formula is C21H19ClN4O4S. The van der Waals surface area contributed by atoms with Crippen molar-refractivity contribution in [3.63, 3.8) is 0 Å². The number of sulfonamides is 1. The quantitative estimate of drug-likeness (QED) is 0.402. The van der Waals surface area contributed by atoms with E-state index in [9.17, 15) is 8.42 Å². The Morgan fingerprint density at radius 1 is 1.06 bits per heavy atom. The second-order valence-electron chi connectivity index (χ2n) is 6.55. The van der Waals surface area contributed by atoms with Crippen molar-refractivity contribution in [3.8, 4) is 11.6 Å². The summed E-state index contributed by atoms with van der Waals surface area (Å²) < 4.78 is 41.6. The predicted molar refractivity (Wildman–Crippen MR) is 117 cm³/mol. The highest BCUT2D eigenvalue weighted by Crippen LogP contribution is 2.30. The number of fused-ring (bicyclic) bond motifs is 1. The Labute approximate surface area is 184 Å². The van der Waals surface area contributed by atoms with Gasteiger partial charge in [-0.3, -0.25) is 14.1 Å². The van der Waals surface area contributed by atoms with Crippen LogP contribution in [0.2, 0.25) is 5.02 Å². The van der Waals surface area contributed by atoms with Crippen molar-refractivity contribution in [1.29, 1.82) is 0 Å². The van der Waals surface area contributed by atoms with E-state index in [0.717, 1.165) is 0 Å². The molecule has 0 aliphatic carbocycles. The summed E-state index contributed by atoms with van der Waals surface area (Å²) in [7, 11) is -3.95. The molecule has 1 N–H and O–H groups in total. The molecule has 0 radical (unpaired) electrons. The van der Waals surface area contributed by atoms with E-state index in [1.807, 2.05) is 30.3 Å². The van der Waals surface area contributed by atoms with E-state index in [-0.39, 0.29) is 29.8 Å². The second-order valence-corrected chi connectivity index (χ2v) is 8.61. The molecule has 10 heteroatoms. The zero-order valence-electron chi connectivity index (χ0n) is 16.5. The SMILES string of the molecule is Cc1c(Cl)cccc1S(=O)(=O)Nc1c(OCCOc2ccccc2)nc2cnccn12. The molecule has 160 valence electrons. The molecule has 0 atom stereocenters. The number of para-hydroxylation sites is 1. The van der Waals surface area contributed by atoms with Crippen LogP contribution in [0.25, 0.3) is 5.65 Å². The summed E-state index contributed by atoms with van der Waals surface area (Å²) in [5.41, 5.74) is 0.882. The van der Waals surface area contributed by atoms with Crippen molar-refractivity contribution in [2.75, 3.05) is 17.9 Å². The van der Waals surface area contributed by atoms with Crippen LogP contribution in [0.15, 0.2) is 72.0 Å². The van der Waals surface area contributed by atoms with E-state index < -0.39 is 10.0 Å².